The van der Waals surface area contributed by atoms with Crippen molar-refractivity contribution < 1.29 is 9.59 Å². The molecule has 0 radical (unpaired) electrons. The Kier molecular flexibility index (Phi) is 4.15. The Morgan fingerprint density at radius 3 is 2.39 bits per heavy atom. The van der Waals surface area contributed by atoms with Crippen LogP contribution in [0.2, 0.25) is 5.02 Å². The van der Waals surface area contributed by atoms with E-state index in [1.54, 1.807) is 6.21 Å². The zero-order valence-electron chi connectivity index (χ0n) is 16.7. The molecular weight excluding hydrogens is 410 g/mol. The lowest BCUT2D eigenvalue weighted by molar-refractivity contribution is -0.140. The third kappa shape index (κ3) is 2.80. The van der Waals surface area contributed by atoms with Crippen molar-refractivity contribution in [3.63, 3.8) is 0 Å². The van der Waals surface area contributed by atoms with Crippen molar-refractivity contribution in [2.45, 2.75) is 13.0 Å². The lowest BCUT2D eigenvalue weighted by Gasteiger charge is -2.13. The maximum Gasteiger partial charge on any atom is 0.254 e. The van der Waals surface area contributed by atoms with Crippen LogP contribution in [0, 0.1) is 23.7 Å². The van der Waals surface area contributed by atoms with Gasteiger partial charge in [0.1, 0.15) is 0 Å². The molecule has 2 aliphatic carbocycles. The van der Waals surface area contributed by atoms with Gasteiger partial charge in [0.2, 0.25) is 0 Å². The molecule has 4 atom stereocenters. The monoisotopic (exact) mass is 429 g/mol. The van der Waals surface area contributed by atoms with Crippen molar-refractivity contribution in [2.75, 3.05) is 0 Å². The van der Waals surface area contributed by atoms with E-state index in [0.717, 1.165) is 38.5 Å². The number of amides is 2. The minimum Gasteiger partial charge on any atom is -0.342 e. The van der Waals surface area contributed by atoms with E-state index < -0.39 is 0 Å². The molecule has 2 heterocycles. The van der Waals surface area contributed by atoms with Gasteiger partial charge in [-0.15, -0.1) is 0 Å². The zero-order valence-corrected chi connectivity index (χ0v) is 17.4. The van der Waals surface area contributed by atoms with Gasteiger partial charge in [0.15, 0.2) is 0 Å². The number of imide groups is 1. The Hall–Kier alpha value is -3.18. The van der Waals surface area contributed by atoms with Gasteiger partial charge < -0.3 is 4.57 Å². The standard InChI is InChI=1S/C25H20ClN3O2/c26-20-7-3-1-5-17(20)13-28-14-18(19-6-2-4-8-21(19)28)12-27-29-24(30)22-15-9-10-16(11-15)23(22)25(29)31/h1-10,12,14-16,22-23H,11,13H2/t15-,16-,22-,23+/m0/s1. The molecule has 3 aliphatic rings. The van der Waals surface area contributed by atoms with E-state index in [1.165, 1.54) is 0 Å². The topological polar surface area (TPSA) is 54.7 Å². The van der Waals surface area contributed by atoms with E-state index in [9.17, 15) is 9.59 Å². The first-order valence-corrected chi connectivity index (χ1v) is 10.9. The average Bonchev–Trinajstić information content (AvgIpc) is 3.53. The molecule has 2 amide bonds. The summed E-state index contributed by atoms with van der Waals surface area (Å²) in [5, 5.41) is 7.20. The van der Waals surface area contributed by atoms with Gasteiger partial charge in [-0.2, -0.15) is 10.1 Å². The predicted octanol–water partition coefficient (Wildman–Crippen LogP) is 4.48. The lowest BCUT2D eigenvalue weighted by Crippen LogP contribution is -2.28. The quantitative estimate of drug-likeness (QED) is 0.348. The minimum atomic E-state index is -0.235. The number of carbonyl (C=O) groups is 2. The van der Waals surface area contributed by atoms with Crippen molar-refractivity contribution in [1.29, 1.82) is 0 Å². The van der Waals surface area contributed by atoms with Gasteiger partial charge in [-0.05, 0) is 36.0 Å². The fourth-order valence-electron chi connectivity index (χ4n) is 5.44. The second kappa shape index (κ2) is 6.92. The Bertz CT molecular complexity index is 1260. The van der Waals surface area contributed by atoms with Crippen LogP contribution in [0.4, 0.5) is 0 Å². The first-order chi connectivity index (χ1) is 15.1. The molecule has 1 aromatic heterocycles. The summed E-state index contributed by atoms with van der Waals surface area (Å²) in [5.41, 5.74) is 2.93. The van der Waals surface area contributed by atoms with Crippen molar-refractivity contribution in [3.05, 3.63) is 83.0 Å². The number of halogens is 1. The van der Waals surface area contributed by atoms with Crippen LogP contribution in [-0.2, 0) is 16.1 Å². The molecule has 31 heavy (non-hydrogen) atoms. The van der Waals surface area contributed by atoms with Gasteiger partial charge >= 0.3 is 0 Å². The second-order valence-electron chi connectivity index (χ2n) is 8.55. The highest BCUT2D eigenvalue weighted by molar-refractivity contribution is 6.31. The van der Waals surface area contributed by atoms with Crippen LogP contribution in [0.15, 0.2) is 72.0 Å². The molecule has 0 spiro atoms. The number of allylic oxidation sites excluding steroid dienone is 2. The number of rotatable bonds is 4. The van der Waals surface area contributed by atoms with E-state index in [-0.39, 0.29) is 35.5 Å². The minimum absolute atomic E-state index is 0.164. The van der Waals surface area contributed by atoms with E-state index >= 15 is 0 Å². The van der Waals surface area contributed by atoms with Crippen LogP contribution in [0.1, 0.15) is 17.5 Å². The van der Waals surface area contributed by atoms with E-state index in [1.807, 2.05) is 54.7 Å². The molecule has 1 saturated carbocycles. The number of benzene rings is 2. The van der Waals surface area contributed by atoms with Gasteiger partial charge in [0.25, 0.3) is 11.8 Å². The Balaban J connectivity index is 1.33. The van der Waals surface area contributed by atoms with Crippen molar-refractivity contribution in [3.8, 4) is 0 Å². The highest BCUT2D eigenvalue weighted by Gasteiger charge is 2.59. The summed E-state index contributed by atoms with van der Waals surface area (Å²) in [6, 6.07) is 15.8. The molecule has 6 rings (SSSR count). The summed E-state index contributed by atoms with van der Waals surface area (Å²) < 4.78 is 2.12. The van der Waals surface area contributed by atoms with Crippen LogP contribution >= 0.6 is 11.6 Å². The van der Waals surface area contributed by atoms with E-state index in [2.05, 4.69) is 21.8 Å². The molecule has 2 fully saturated rings. The number of aromatic nitrogens is 1. The summed E-state index contributed by atoms with van der Waals surface area (Å²) in [6.45, 7) is 0.620. The number of para-hydroxylation sites is 1. The summed E-state index contributed by atoms with van der Waals surface area (Å²) in [5.74, 6) is -0.429. The van der Waals surface area contributed by atoms with Gasteiger partial charge in [-0.3, -0.25) is 9.59 Å². The molecule has 0 unspecified atom stereocenters. The van der Waals surface area contributed by atoms with E-state index in [0.29, 0.717) is 6.54 Å². The molecular formula is C25H20ClN3O2. The average molecular weight is 430 g/mol. The molecule has 2 aromatic carbocycles. The predicted molar refractivity (Wildman–Crippen MR) is 120 cm³/mol. The Morgan fingerprint density at radius 1 is 0.968 bits per heavy atom. The van der Waals surface area contributed by atoms with Crippen molar-refractivity contribution in [1.82, 2.24) is 9.58 Å². The zero-order chi connectivity index (χ0) is 21.1. The third-order valence-electron chi connectivity index (χ3n) is 6.88. The number of hydrazone groups is 1. The number of hydrogen-bond acceptors (Lipinski definition) is 3. The molecule has 2 bridgehead atoms. The Labute approximate surface area is 184 Å². The second-order valence-corrected chi connectivity index (χ2v) is 8.96. The SMILES string of the molecule is O=C1[C@@H]2[C@H](C(=O)N1N=Cc1cn(Cc3ccccc3Cl)c3ccccc13)[C@H]1C=C[C@H]2C1. The maximum absolute atomic E-state index is 12.9. The Morgan fingerprint density at radius 2 is 1.65 bits per heavy atom. The normalized spacial score (nSPS) is 26.7. The number of carbonyl (C=O) groups excluding carboxylic acids is 2. The lowest BCUT2D eigenvalue weighted by atomic mass is 9.85. The smallest absolute Gasteiger partial charge is 0.254 e. The van der Waals surface area contributed by atoms with Gasteiger partial charge in [-0.1, -0.05) is 60.2 Å². The van der Waals surface area contributed by atoms with Crippen LogP contribution in [0.3, 0.4) is 0 Å². The molecule has 1 aliphatic heterocycles. The molecule has 154 valence electrons. The molecule has 3 aromatic rings. The fraction of sp³-hybridized carbons (Fsp3) is 0.240. The largest absolute Gasteiger partial charge is 0.342 e. The van der Waals surface area contributed by atoms with Gasteiger partial charge in [0, 0.05) is 34.2 Å². The summed E-state index contributed by atoms with van der Waals surface area (Å²) in [7, 11) is 0. The summed E-state index contributed by atoms with van der Waals surface area (Å²) in [4.78, 5) is 25.8. The van der Waals surface area contributed by atoms with Crippen LogP contribution in [-0.4, -0.2) is 27.6 Å². The molecule has 1 saturated heterocycles. The number of nitrogens with zero attached hydrogens (tertiary/aromatic N) is 3. The first-order valence-electron chi connectivity index (χ1n) is 10.5. The number of hydrogen-bond donors (Lipinski definition) is 0. The molecule has 5 nitrogen and oxygen atoms in total. The van der Waals surface area contributed by atoms with Crippen molar-refractivity contribution >= 4 is 40.5 Å². The first kappa shape index (κ1) is 18.6. The molecule has 6 heteroatoms. The van der Waals surface area contributed by atoms with Gasteiger partial charge in [-0.25, -0.2) is 0 Å². The maximum atomic E-state index is 12.9. The highest BCUT2D eigenvalue weighted by Crippen LogP contribution is 2.52. The summed E-state index contributed by atoms with van der Waals surface area (Å²) in [6.07, 6.45) is 8.73. The highest BCUT2D eigenvalue weighted by atomic mass is 35.5. The van der Waals surface area contributed by atoms with E-state index in [4.69, 9.17) is 11.6 Å². The van der Waals surface area contributed by atoms with Crippen LogP contribution in [0.5, 0.6) is 0 Å². The summed E-state index contributed by atoms with van der Waals surface area (Å²) >= 11 is 6.36. The van der Waals surface area contributed by atoms with Crippen molar-refractivity contribution in [2.24, 2.45) is 28.8 Å². The van der Waals surface area contributed by atoms with Gasteiger partial charge in [0.05, 0.1) is 18.1 Å². The fourth-order valence-corrected chi connectivity index (χ4v) is 5.63. The van der Waals surface area contributed by atoms with Crippen LogP contribution in [0.25, 0.3) is 10.9 Å². The van der Waals surface area contributed by atoms with Crippen LogP contribution < -0.4 is 0 Å². The molecule has 0 N–H and O–H groups in total. The number of fused-ring (bicyclic) bond motifs is 6. The third-order valence-corrected chi connectivity index (χ3v) is 7.25.